The molecule has 1 aromatic heterocycles. The maximum Gasteiger partial charge on any atom is 0.253 e. The van der Waals surface area contributed by atoms with Crippen molar-refractivity contribution in [2.75, 3.05) is 43.0 Å². The van der Waals surface area contributed by atoms with Gasteiger partial charge in [0.2, 0.25) is 5.95 Å². The summed E-state index contributed by atoms with van der Waals surface area (Å²) in [7, 11) is 0. The maximum absolute atomic E-state index is 14.9. The Bertz CT molecular complexity index is 1970. The van der Waals surface area contributed by atoms with Crippen LogP contribution in [0.4, 0.5) is 21.7 Å². The number of nitrogens with zero attached hydrogens (tertiary/aromatic N) is 5. The number of anilines is 3. The third-order valence-corrected chi connectivity index (χ3v) is 8.59. The summed E-state index contributed by atoms with van der Waals surface area (Å²) in [6.07, 6.45) is 1.74. The van der Waals surface area contributed by atoms with Crippen molar-refractivity contribution in [3.05, 3.63) is 130 Å². The average molecular weight is 647 g/mol. The van der Waals surface area contributed by atoms with Gasteiger partial charge in [-0.1, -0.05) is 41.9 Å². The maximum atomic E-state index is 14.9. The Kier molecular flexibility index (Phi) is 8.54. The van der Waals surface area contributed by atoms with E-state index in [4.69, 9.17) is 26.3 Å². The number of piperazine rings is 1. The van der Waals surface area contributed by atoms with E-state index in [1.807, 2.05) is 60.4 Å². The van der Waals surface area contributed by atoms with Crippen LogP contribution >= 0.6 is 11.6 Å². The van der Waals surface area contributed by atoms with Gasteiger partial charge in [-0.15, -0.1) is 0 Å². The highest BCUT2D eigenvalue weighted by Gasteiger charge is 2.25. The number of benzene rings is 4. The third-order valence-electron chi connectivity index (χ3n) is 8.35. The Balaban J connectivity index is 1.06. The molecular formula is C37H32ClFN6O2. The number of fused-ring (bicyclic) bond motifs is 3. The lowest BCUT2D eigenvalue weighted by molar-refractivity contribution is 0.0746. The smallest absolute Gasteiger partial charge is 0.253 e. The van der Waals surface area contributed by atoms with Crippen molar-refractivity contribution in [2.45, 2.75) is 13.5 Å². The fraction of sp³-hybridized carbons (Fsp3) is 0.189. The van der Waals surface area contributed by atoms with Crippen LogP contribution in [0.5, 0.6) is 5.75 Å². The van der Waals surface area contributed by atoms with Crippen LogP contribution < -0.4 is 15.0 Å². The summed E-state index contributed by atoms with van der Waals surface area (Å²) in [4.78, 5) is 31.7. The first-order valence-corrected chi connectivity index (χ1v) is 15.9. The number of amides is 1. The van der Waals surface area contributed by atoms with Gasteiger partial charge in [0.05, 0.1) is 30.2 Å². The molecule has 0 spiro atoms. The summed E-state index contributed by atoms with van der Waals surface area (Å²) in [6, 6.07) is 27.4. The minimum Gasteiger partial charge on any atom is -0.492 e. The summed E-state index contributed by atoms with van der Waals surface area (Å²) < 4.78 is 20.7. The van der Waals surface area contributed by atoms with Crippen molar-refractivity contribution in [2.24, 2.45) is 4.99 Å². The molecular weight excluding hydrogens is 615 g/mol. The first kappa shape index (κ1) is 30.4. The van der Waals surface area contributed by atoms with Gasteiger partial charge in [0.1, 0.15) is 11.6 Å². The van der Waals surface area contributed by atoms with Crippen molar-refractivity contribution in [3.8, 4) is 17.0 Å². The summed E-state index contributed by atoms with van der Waals surface area (Å²) >= 11 is 6.39. The molecule has 1 N–H and O–H groups in total. The minimum absolute atomic E-state index is 0.00324. The van der Waals surface area contributed by atoms with Gasteiger partial charge in [0.15, 0.2) is 0 Å². The van der Waals surface area contributed by atoms with Crippen LogP contribution in [0.3, 0.4) is 0 Å². The number of para-hydroxylation sites is 2. The molecule has 2 aliphatic heterocycles. The Morgan fingerprint density at radius 3 is 2.47 bits per heavy atom. The fourth-order valence-corrected chi connectivity index (χ4v) is 6.19. The van der Waals surface area contributed by atoms with Crippen molar-refractivity contribution in [3.63, 3.8) is 0 Å². The molecule has 1 fully saturated rings. The van der Waals surface area contributed by atoms with Crippen LogP contribution in [0, 0.1) is 5.82 Å². The van der Waals surface area contributed by atoms with Gasteiger partial charge < -0.3 is 19.9 Å². The van der Waals surface area contributed by atoms with E-state index in [1.54, 1.807) is 36.5 Å². The zero-order valence-corrected chi connectivity index (χ0v) is 26.5. The Hall–Kier alpha value is -5.28. The van der Waals surface area contributed by atoms with Crippen LogP contribution in [0.15, 0.2) is 102 Å². The lowest BCUT2D eigenvalue weighted by Crippen LogP contribution is -2.48. The SMILES string of the molecule is CCOc1ccccc1N1CCN(C(=O)c2ccc(Nc3ncc4c(n3)-c3ccc(Cl)cc3C(c3ccccc3F)=NC4)cc2)CC1. The molecule has 3 heterocycles. The highest BCUT2D eigenvalue weighted by Crippen LogP contribution is 2.34. The first-order chi connectivity index (χ1) is 23.0. The van der Waals surface area contributed by atoms with Crippen LogP contribution in [0.2, 0.25) is 5.02 Å². The second-order valence-corrected chi connectivity index (χ2v) is 11.7. The van der Waals surface area contributed by atoms with Gasteiger partial charge in [-0.3, -0.25) is 9.79 Å². The number of halogens is 2. The topological polar surface area (TPSA) is 83.0 Å². The van der Waals surface area contributed by atoms with Crippen molar-refractivity contribution in [1.29, 1.82) is 0 Å². The second kappa shape index (κ2) is 13.2. The Morgan fingerprint density at radius 1 is 0.915 bits per heavy atom. The van der Waals surface area contributed by atoms with Crippen LogP contribution in [0.1, 0.15) is 34.0 Å². The largest absolute Gasteiger partial charge is 0.492 e. The molecule has 47 heavy (non-hydrogen) atoms. The predicted molar refractivity (Wildman–Crippen MR) is 184 cm³/mol. The Morgan fingerprint density at radius 2 is 1.68 bits per heavy atom. The minimum atomic E-state index is -0.357. The molecule has 8 nitrogen and oxygen atoms in total. The summed E-state index contributed by atoms with van der Waals surface area (Å²) in [6.45, 7) is 5.58. The fourth-order valence-electron chi connectivity index (χ4n) is 6.02. The number of ether oxygens (including phenoxy) is 1. The van der Waals surface area contributed by atoms with E-state index in [-0.39, 0.29) is 18.3 Å². The molecule has 0 bridgehead atoms. The van der Waals surface area contributed by atoms with Crippen LogP contribution in [0.25, 0.3) is 11.3 Å². The molecule has 4 aromatic carbocycles. The molecule has 0 saturated carbocycles. The number of aliphatic imine (C=N–C) groups is 1. The van der Waals surface area contributed by atoms with Crippen LogP contribution in [-0.4, -0.2) is 59.3 Å². The normalized spacial score (nSPS) is 14.1. The van der Waals surface area contributed by atoms with E-state index in [0.717, 1.165) is 41.3 Å². The zero-order chi connectivity index (χ0) is 32.3. The summed E-state index contributed by atoms with van der Waals surface area (Å²) in [5.41, 5.74) is 6.33. The number of hydrogen-bond acceptors (Lipinski definition) is 7. The third kappa shape index (κ3) is 6.26. The predicted octanol–water partition coefficient (Wildman–Crippen LogP) is 7.39. The monoisotopic (exact) mass is 646 g/mol. The average Bonchev–Trinajstić information content (AvgIpc) is 3.25. The summed E-state index contributed by atoms with van der Waals surface area (Å²) in [5, 5.41) is 3.79. The number of aromatic nitrogens is 2. The zero-order valence-electron chi connectivity index (χ0n) is 25.8. The van der Waals surface area contributed by atoms with E-state index in [0.29, 0.717) is 58.8 Å². The number of rotatable bonds is 7. The molecule has 0 aliphatic carbocycles. The van der Waals surface area contributed by atoms with Crippen LogP contribution in [-0.2, 0) is 6.54 Å². The van der Waals surface area contributed by atoms with E-state index in [2.05, 4.69) is 21.3 Å². The number of hydrogen-bond donors (Lipinski definition) is 1. The van der Waals surface area contributed by atoms with Crippen molar-refractivity contribution >= 4 is 40.5 Å². The standard InChI is InChI=1S/C37H32ClFN6O2/c1-2-47-33-10-6-5-9-32(33)44-17-19-45(20-18-44)36(46)24-11-14-27(15-12-24)42-37-41-23-25-22-40-35(29-7-3-4-8-31(29)39)30-21-26(38)13-16-28(30)34(25)43-37/h3-16,21,23H,2,17-20,22H2,1H3,(H,41,42,43). The van der Waals surface area contributed by atoms with Gasteiger partial charge in [-0.25, -0.2) is 14.4 Å². The molecule has 0 unspecified atom stereocenters. The molecule has 7 rings (SSSR count). The van der Waals surface area contributed by atoms with Crippen molar-refractivity contribution in [1.82, 2.24) is 14.9 Å². The van der Waals surface area contributed by atoms with Gasteiger partial charge in [0, 0.05) is 70.9 Å². The van der Waals surface area contributed by atoms with Gasteiger partial charge in [-0.05, 0) is 67.6 Å². The number of nitrogens with one attached hydrogen (secondary N) is 1. The van der Waals surface area contributed by atoms with E-state index < -0.39 is 0 Å². The second-order valence-electron chi connectivity index (χ2n) is 11.3. The lowest BCUT2D eigenvalue weighted by Gasteiger charge is -2.36. The molecule has 10 heteroatoms. The summed E-state index contributed by atoms with van der Waals surface area (Å²) in [5.74, 6) is 0.896. The van der Waals surface area contributed by atoms with E-state index in [9.17, 15) is 9.18 Å². The molecule has 1 saturated heterocycles. The molecule has 0 radical (unpaired) electrons. The first-order valence-electron chi connectivity index (χ1n) is 15.6. The van der Waals surface area contributed by atoms with Gasteiger partial charge in [-0.2, -0.15) is 0 Å². The molecule has 2 aliphatic rings. The van der Waals surface area contributed by atoms with Gasteiger partial charge >= 0.3 is 0 Å². The van der Waals surface area contributed by atoms with Gasteiger partial charge in [0.25, 0.3) is 5.91 Å². The number of carbonyl (C=O) groups excluding carboxylic acids is 1. The number of carbonyl (C=O) groups is 1. The highest BCUT2D eigenvalue weighted by atomic mass is 35.5. The van der Waals surface area contributed by atoms with E-state index in [1.165, 1.54) is 6.07 Å². The molecule has 1 amide bonds. The molecule has 5 aromatic rings. The molecule has 0 atom stereocenters. The Labute approximate surface area is 277 Å². The molecule has 236 valence electrons. The van der Waals surface area contributed by atoms with E-state index >= 15 is 0 Å². The highest BCUT2D eigenvalue weighted by molar-refractivity contribution is 6.31. The van der Waals surface area contributed by atoms with Crippen molar-refractivity contribution < 1.29 is 13.9 Å². The lowest BCUT2D eigenvalue weighted by atomic mass is 9.95. The quantitative estimate of drug-likeness (QED) is 0.199.